The Bertz CT molecular complexity index is 6290. The smallest absolute Gasteiger partial charge is 0.164 e. The van der Waals surface area contributed by atoms with Gasteiger partial charge >= 0.3 is 0 Å². The summed E-state index contributed by atoms with van der Waals surface area (Å²) in [5.74, 6) is 3.31. The maximum atomic E-state index is 5.02. The highest BCUT2D eigenvalue weighted by atomic mass is 79.9. The van der Waals surface area contributed by atoms with Gasteiger partial charge in [0.1, 0.15) is 0 Å². The van der Waals surface area contributed by atoms with Crippen LogP contribution in [0.3, 0.4) is 0 Å². The van der Waals surface area contributed by atoms with Gasteiger partial charge in [-0.15, -0.1) is 0 Å². The van der Waals surface area contributed by atoms with Crippen molar-refractivity contribution in [2.45, 2.75) is 0 Å². The second kappa shape index (κ2) is 31.1. The number of benzene rings is 12. The first-order valence-electron chi connectivity index (χ1n) is 37.1. The molecule has 0 amide bonds. The Labute approximate surface area is 680 Å². The first-order chi connectivity index (χ1) is 56.2. The van der Waals surface area contributed by atoms with Crippen LogP contribution in [0.25, 0.3) is 185 Å². The third kappa shape index (κ3) is 14.1. The fraction of sp³-hybridized carbons (Fsp3) is 0. The molecule has 540 valence electrons. The highest BCUT2D eigenvalue weighted by Gasteiger charge is 2.21. The van der Waals surface area contributed by atoms with Crippen molar-refractivity contribution in [3.8, 4) is 119 Å². The Hall–Kier alpha value is -13.9. The van der Waals surface area contributed by atoms with Crippen molar-refractivity contribution < 1.29 is 0 Å². The van der Waals surface area contributed by atoms with Gasteiger partial charge in [0.25, 0.3) is 0 Å². The standard InChI is InChI=1S/2C33H21BrN4.C32H20BrN5/c34-25-16-17-30-27(20-25)32-31(15-8-18-35-32)38(30)26-14-7-13-24(19-26)29-21-28(22-9-3-1-4-10-22)36-33(37-29)23-11-5-2-6-12-23;34-25-16-17-30-27(20-25)32-31(15-8-18-35-32)38(30)26-14-7-13-24(19-26)33-36-28(22-9-3-1-4-10-22)21-29(37-33)23-11-5-2-6-12-23;33-24-16-17-27-26(20-24)29-28(15-8-18-34-29)38(27)25-14-7-13-23(19-25)32-36-30(21-9-3-1-4-10-21)35-31(37-32)22-11-5-2-6-12-22/h2*1-21H;1-20H. The summed E-state index contributed by atoms with van der Waals surface area (Å²) in [5.41, 5.74) is 25.0. The van der Waals surface area contributed by atoms with E-state index in [1.165, 1.54) is 0 Å². The Morgan fingerprint density at radius 2 is 0.439 bits per heavy atom. The van der Waals surface area contributed by atoms with E-state index < -0.39 is 0 Å². The lowest BCUT2D eigenvalue weighted by atomic mass is 10.1. The first-order valence-corrected chi connectivity index (χ1v) is 39.4. The van der Waals surface area contributed by atoms with Crippen LogP contribution in [0.5, 0.6) is 0 Å². The highest BCUT2D eigenvalue weighted by Crippen LogP contribution is 2.40. The maximum Gasteiger partial charge on any atom is 0.164 e. The lowest BCUT2D eigenvalue weighted by Gasteiger charge is -2.12. The van der Waals surface area contributed by atoms with Crippen LogP contribution in [-0.2, 0) is 0 Å². The minimum atomic E-state index is 0.626. The van der Waals surface area contributed by atoms with E-state index in [1.807, 2.05) is 195 Å². The lowest BCUT2D eigenvalue weighted by Crippen LogP contribution is -2.01. The molecule has 0 bridgehead atoms. The maximum absolute atomic E-state index is 5.02. The number of rotatable bonds is 12. The van der Waals surface area contributed by atoms with E-state index in [2.05, 4.69) is 243 Å². The molecule has 13 nitrogen and oxygen atoms in total. The van der Waals surface area contributed by atoms with Crippen molar-refractivity contribution in [1.82, 2.24) is 63.5 Å². The molecule has 9 aromatic heterocycles. The minimum absolute atomic E-state index is 0.626. The molecule has 9 heterocycles. The molecule has 0 aliphatic rings. The molecule has 21 aromatic rings. The quantitative estimate of drug-likeness (QED) is 0.116. The van der Waals surface area contributed by atoms with Gasteiger partial charge in [-0.1, -0.05) is 266 Å². The van der Waals surface area contributed by atoms with E-state index in [9.17, 15) is 0 Å². The predicted octanol–water partition coefficient (Wildman–Crippen LogP) is 25.6. The Kier molecular flexibility index (Phi) is 19.2. The molecule has 0 saturated heterocycles. The summed E-state index contributed by atoms with van der Waals surface area (Å²) < 4.78 is 9.85. The van der Waals surface area contributed by atoms with Crippen LogP contribution in [0.1, 0.15) is 0 Å². The topological polar surface area (TPSA) is 144 Å². The number of hydrogen-bond donors (Lipinski definition) is 0. The predicted molar refractivity (Wildman–Crippen MR) is 472 cm³/mol. The molecule has 12 aromatic carbocycles. The monoisotopic (exact) mass is 1660 g/mol. The van der Waals surface area contributed by atoms with Gasteiger partial charge in [-0.3, -0.25) is 15.0 Å². The van der Waals surface area contributed by atoms with Gasteiger partial charge in [0.05, 0.1) is 72.4 Å². The first kappa shape index (κ1) is 70.5. The van der Waals surface area contributed by atoms with Gasteiger partial charge in [-0.05, 0) is 140 Å². The van der Waals surface area contributed by atoms with Crippen molar-refractivity contribution in [2.75, 3.05) is 0 Å². The summed E-state index contributed by atoms with van der Waals surface area (Å²) in [5, 5.41) is 3.31. The molecule has 0 spiro atoms. The van der Waals surface area contributed by atoms with Crippen molar-refractivity contribution in [3.63, 3.8) is 0 Å². The van der Waals surface area contributed by atoms with Crippen molar-refractivity contribution in [2.24, 2.45) is 0 Å². The van der Waals surface area contributed by atoms with Crippen LogP contribution in [0.4, 0.5) is 0 Å². The molecule has 114 heavy (non-hydrogen) atoms. The second-order valence-electron chi connectivity index (χ2n) is 27.2. The van der Waals surface area contributed by atoms with Crippen LogP contribution in [0.15, 0.2) is 390 Å². The van der Waals surface area contributed by atoms with Gasteiger partial charge in [0, 0.05) is 115 Å². The molecule has 0 aliphatic carbocycles. The fourth-order valence-electron chi connectivity index (χ4n) is 14.7. The SMILES string of the molecule is Brc1ccc2c(c1)c1ncccc1n2-c1cccc(-c2cc(-c3ccccc3)nc(-c3ccccc3)n2)c1.Brc1ccc2c(c1)c1ncccc1n2-c1cccc(-c2nc(-c3ccccc3)cc(-c3ccccc3)n2)c1.Brc1ccc2c(c1)c1ncccc1n2-c1cccc(-c2nc(-c3ccccc3)nc(-c3ccccc3)n2)c1. The van der Waals surface area contributed by atoms with Gasteiger partial charge in [-0.2, -0.15) is 0 Å². The molecule has 0 radical (unpaired) electrons. The van der Waals surface area contributed by atoms with Gasteiger partial charge < -0.3 is 13.7 Å². The third-order valence-corrected chi connectivity index (χ3v) is 21.4. The third-order valence-electron chi connectivity index (χ3n) is 20.0. The minimum Gasteiger partial charge on any atom is -0.308 e. The molecule has 0 atom stereocenters. The molecule has 21 rings (SSSR count). The molecule has 0 saturated carbocycles. The Morgan fingerprint density at radius 1 is 0.184 bits per heavy atom. The second-order valence-corrected chi connectivity index (χ2v) is 29.9. The van der Waals surface area contributed by atoms with Gasteiger partial charge in [0.15, 0.2) is 29.1 Å². The van der Waals surface area contributed by atoms with Gasteiger partial charge in [-0.25, -0.2) is 34.9 Å². The molecule has 0 fully saturated rings. The molecular weight excluding hydrogens is 1600 g/mol. The lowest BCUT2D eigenvalue weighted by molar-refractivity contribution is 1.07. The average molecular weight is 1660 g/mol. The summed E-state index contributed by atoms with van der Waals surface area (Å²) in [6.45, 7) is 0. The van der Waals surface area contributed by atoms with Crippen molar-refractivity contribution in [1.29, 1.82) is 0 Å². The zero-order valence-corrected chi connectivity index (χ0v) is 65.5. The number of halogens is 3. The zero-order valence-electron chi connectivity index (χ0n) is 60.7. The summed E-state index contributed by atoms with van der Waals surface area (Å²) >= 11 is 10.9. The number of nitrogens with zero attached hydrogens (tertiary/aromatic N) is 13. The number of pyridine rings is 3. The van der Waals surface area contributed by atoms with E-state index >= 15 is 0 Å². The van der Waals surface area contributed by atoms with Crippen LogP contribution >= 0.6 is 47.8 Å². The Morgan fingerprint density at radius 3 is 0.763 bits per heavy atom. The molecule has 16 heteroatoms. The molecule has 0 unspecified atom stereocenters. The molecule has 0 aliphatic heterocycles. The normalized spacial score (nSPS) is 11.3. The van der Waals surface area contributed by atoms with E-state index in [-0.39, 0.29) is 0 Å². The summed E-state index contributed by atoms with van der Waals surface area (Å²) in [6, 6.07) is 122. The van der Waals surface area contributed by atoms with Crippen LogP contribution < -0.4 is 0 Å². The van der Waals surface area contributed by atoms with Crippen molar-refractivity contribution >= 4 is 114 Å². The largest absolute Gasteiger partial charge is 0.308 e. The van der Waals surface area contributed by atoms with Crippen LogP contribution in [0, 0.1) is 0 Å². The average Bonchev–Trinajstić information content (AvgIpc) is 1.69. The number of aromatic nitrogens is 13. The van der Waals surface area contributed by atoms with E-state index in [4.69, 9.17) is 49.8 Å². The highest BCUT2D eigenvalue weighted by molar-refractivity contribution is 9.11. The molecule has 0 N–H and O–H groups in total. The summed E-state index contributed by atoms with van der Waals surface area (Å²) in [6.07, 6.45) is 5.53. The zero-order chi connectivity index (χ0) is 76.4. The number of fused-ring (bicyclic) bond motifs is 9. The Balaban J connectivity index is 0.000000115. The van der Waals surface area contributed by atoms with E-state index in [1.54, 1.807) is 0 Å². The summed E-state index contributed by atoms with van der Waals surface area (Å²) in [7, 11) is 0. The summed E-state index contributed by atoms with van der Waals surface area (Å²) in [4.78, 5) is 48.7. The number of hydrogen-bond acceptors (Lipinski definition) is 10. The van der Waals surface area contributed by atoms with Crippen molar-refractivity contribution in [3.05, 3.63) is 390 Å². The molecular formula is C98H62Br3N13. The van der Waals surface area contributed by atoms with E-state index in [0.29, 0.717) is 29.1 Å². The fourth-order valence-corrected chi connectivity index (χ4v) is 15.8. The van der Waals surface area contributed by atoms with E-state index in [0.717, 1.165) is 169 Å². The van der Waals surface area contributed by atoms with Crippen LogP contribution in [-0.4, -0.2) is 63.5 Å². The van der Waals surface area contributed by atoms with Gasteiger partial charge in [0.2, 0.25) is 0 Å². The van der Waals surface area contributed by atoms with Crippen LogP contribution in [0.2, 0.25) is 0 Å².